The molecule has 0 spiro atoms. The van der Waals surface area contributed by atoms with Gasteiger partial charge in [-0.1, -0.05) is 11.1 Å². The summed E-state index contributed by atoms with van der Waals surface area (Å²) >= 11 is 0. The average Bonchev–Trinajstić information content (AvgIpc) is 2.81. The van der Waals surface area contributed by atoms with Crippen LogP contribution in [0.25, 0.3) is 5.69 Å². The molecule has 1 N–H and O–H groups in total. The molecule has 96 valence electrons. The van der Waals surface area contributed by atoms with E-state index >= 15 is 0 Å². The molecular formula is C13H11FN4O. The molecule has 1 aromatic heterocycles. The number of nitrogens with zero attached hydrogens (tertiary/aromatic N) is 3. The second kappa shape index (κ2) is 5.31. The largest absolute Gasteiger partial charge is 0.357 e. The SMILES string of the molecule is C#CCNc1c(C(C)=O)nnn1-c1ccc(F)cc1. The number of rotatable bonds is 4. The van der Waals surface area contributed by atoms with Gasteiger partial charge in [0.25, 0.3) is 0 Å². The Morgan fingerprint density at radius 3 is 2.74 bits per heavy atom. The first kappa shape index (κ1) is 12.8. The molecule has 6 heteroatoms. The summed E-state index contributed by atoms with van der Waals surface area (Å²) in [7, 11) is 0. The lowest BCUT2D eigenvalue weighted by Gasteiger charge is -2.07. The molecule has 19 heavy (non-hydrogen) atoms. The third-order valence-corrected chi connectivity index (χ3v) is 2.43. The molecule has 0 saturated heterocycles. The quantitative estimate of drug-likeness (QED) is 0.669. The second-order valence-electron chi connectivity index (χ2n) is 3.79. The fourth-order valence-electron chi connectivity index (χ4n) is 1.58. The number of halogens is 1. The molecular weight excluding hydrogens is 247 g/mol. The molecule has 0 bridgehead atoms. The molecule has 2 aromatic rings. The van der Waals surface area contributed by atoms with E-state index in [9.17, 15) is 9.18 Å². The molecule has 0 radical (unpaired) electrons. The number of terminal acetylenes is 1. The number of nitrogens with one attached hydrogen (secondary N) is 1. The molecule has 0 atom stereocenters. The molecule has 0 fully saturated rings. The number of anilines is 1. The number of carbonyl (C=O) groups is 1. The first-order chi connectivity index (χ1) is 9.13. The van der Waals surface area contributed by atoms with Gasteiger partial charge in [0.15, 0.2) is 17.3 Å². The van der Waals surface area contributed by atoms with E-state index in [1.807, 2.05) is 0 Å². The maximum Gasteiger partial charge on any atom is 0.183 e. The monoisotopic (exact) mass is 258 g/mol. The molecule has 5 nitrogen and oxygen atoms in total. The van der Waals surface area contributed by atoms with Crippen molar-refractivity contribution >= 4 is 11.6 Å². The molecule has 0 aliphatic rings. The smallest absolute Gasteiger partial charge is 0.183 e. The van der Waals surface area contributed by atoms with Crippen molar-refractivity contribution in [2.45, 2.75) is 6.92 Å². The lowest BCUT2D eigenvalue weighted by Crippen LogP contribution is -2.09. The fourth-order valence-corrected chi connectivity index (χ4v) is 1.58. The van der Waals surface area contributed by atoms with Crippen LogP contribution in [0.3, 0.4) is 0 Å². The van der Waals surface area contributed by atoms with Gasteiger partial charge in [0.1, 0.15) is 5.82 Å². The molecule has 2 rings (SSSR count). The predicted octanol–water partition coefficient (Wildman–Crippen LogP) is 1.65. The average molecular weight is 258 g/mol. The normalized spacial score (nSPS) is 9.95. The Kier molecular flexibility index (Phi) is 3.57. The van der Waals surface area contributed by atoms with Crippen molar-refractivity contribution in [3.8, 4) is 18.0 Å². The van der Waals surface area contributed by atoms with Crippen molar-refractivity contribution in [3.05, 3.63) is 35.8 Å². The number of benzene rings is 1. The van der Waals surface area contributed by atoms with E-state index in [4.69, 9.17) is 6.42 Å². The lowest BCUT2D eigenvalue weighted by atomic mass is 10.3. The van der Waals surface area contributed by atoms with Crippen LogP contribution in [0.1, 0.15) is 17.4 Å². The third kappa shape index (κ3) is 2.60. The predicted molar refractivity (Wildman–Crippen MR) is 68.6 cm³/mol. The highest BCUT2D eigenvalue weighted by molar-refractivity contribution is 5.96. The summed E-state index contributed by atoms with van der Waals surface area (Å²) in [6.45, 7) is 1.62. The summed E-state index contributed by atoms with van der Waals surface area (Å²) in [4.78, 5) is 11.5. The van der Waals surface area contributed by atoms with E-state index in [1.54, 1.807) is 0 Å². The zero-order chi connectivity index (χ0) is 13.8. The van der Waals surface area contributed by atoms with Gasteiger partial charge in [0.05, 0.1) is 12.2 Å². The number of Topliss-reactive ketones (excluding diaryl/α,β-unsaturated/α-hetero) is 1. The van der Waals surface area contributed by atoms with Crippen molar-refractivity contribution in [2.24, 2.45) is 0 Å². The van der Waals surface area contributed by atoms with Gasteiger partial charge in [-0.25, -0.2) is 4.39 Å². The Labute approximate surface area is 109 Å². The summed E-state index contributed by atoms with van der Waals surface area (Å²) in [5.41, 5.74) is 0.778. The number of aromatic nitrogens is 3. The number of carbonyl (C=O) groups excluding carboxylic acids is 1. The summed E-state index contributed by atoms with van der Waals surface area (Å²) in [5.74, 6) is 2.23. The zero-order valence-corrected chi connectivity index (χ0v) is 10.2. The maximum absolute atomic E-state index is 12.9. The highest BCUT2D eigenvalue weighted by atomic mass is 19.1. The fraction of sp³-hybridized carbons (Fsp3) is 0.154. The van der Waals surface area contributed by atoms with Gasteiger partial charge in [0.2, 0.25) is 0 Å². The zero-order valence-electron chi connectivity index (χ0n) is 10.2. The Balaban J connectivity index is 2.48. The first-order valence-corrected chi connectivity index (χ1v) is 5.53. The second-order valence-corrected chi connectivity index (χ2v) is 3.79. The van der Waals surface area contributed by atoms with E-state index in [2.05, 4.69) is 21.5 Å². The van der Waals surface area contributed by atoms with E-state index in [1.165, 1.54) is 35.9 Å². The molecule has 0 unspecified atom stereocenters. The minimum Gasteiger partial charge on any atom is -0.357 e. The minimum atomic E-state index is -0.353. The van der Waals surface area contributed by atoms with Gasteiger partial charge in [-0.2, -0.15) is 4.68 Å². The summed E-state index contributed by atoms with van der Waals surface area (Å²) < 4.78 is 14.3. The van der Waals surface area contributed by atoms with Crippen LogP contribution in [0, 0.1) is 18.2 Å². The molecule has 0 aliphatic heterocycles. The van der Waals surface area contributed by atoms with Crippen molar-refractivity contribution < 1.29 is 9.18 Å². The van der Waals surface area contributed by atoms with Gasteiger partial charge < -0.3 is 5.32 Å². The van der Waals surface area contributed by atoms with Crippen LogP contribution in [0.15, 0.2) is 24.3 Å². The van der Waals surface area contributed by atoms with E-state index in [-0.39, 0.29) is 23.8 Å². The standard InChI is InChI=1S/C13H11FN4O/c1-3-8-15-13-12(9(2)19)16-17-18(13)11-6-4-10(14)5-7-11/h1,4-7,15H,8H2,2H3. The topological polar surface area (TPSA) is 59.8 Å². The van der Waals surface area contributed by atoms with Gasteiger partial charge in [-0.3, -0.25) is 4.79 Å². The Hall–Kier alpha value is -2.68. The Bertz CT molecular complexity index is 640. The highest BCUT2D eigenvalue weighted by Crippen LogP contribution is 2.18. The van der Waals surface area contributed by atoms with Gasteiger partial charge >= 0.3 is 0 Å². The van der Waals surface area contributed by atoms with Gasteiger partial charge in [-0.15, -0.1) is 11.5 Å². The van der Waals surface area contributed by atoms with E-state index in [0.717, 1.165) is 0 Å². The van der Waals surface area contributed by atoms with Crippen LogP contribution in [0.4, 0.5) is 10.2 Å². The van der Waals surface area contributed by atoms with Gasteiger partial charge in [-0.05, 0) is 24.3 Å². The number of ketones is 1. The summed E-state index contributed by atoms with van der Waals surface area (Å²) in [6.07, 6.45) is 5.18. The minimum absolute atomic E-state index is 0.194. The van der Waals surface area contributed by atoms with Crippen molar-refractivity contribution in [1.29, 1.82) is 0 Å². The summed E-state index contributed by atoms with van der Waals surface area (Å²) in [6, 6.07) is 5.68. The van der Waals surface area contributed by atoms with Crippen LogP contribution in [-0.4, -0.2) is 27.3 Å². The maximum atomic E-state index is 12.9. The van der Waals surface area contributed by atoms with Crippen molar-refractivity contribution in [1.82, 2.24) is 15.0 Å². The number of hydrogen-bond acceptors (Lipinski definition) is 4. The molecule has 1 heterocycles. The van der Waals surface area contributed by atoms with E-state index in [0.29, 0.717) is 11.5 Å². The Morgan fingerprint density at radius 2 is 2.16 bits per heavy atom. The summed E-state index contributed by atoms with van der Waals surface area (Å²) in [5, 5.41) is 10.6. The third-order valence-electron chi connectivity index (χ3n) is 2.43. The molecule has 0 amide bonds. The first-order valence-electron chi connectivity index (χ1n) is 5.53. The van der Waals surface area contributed by atoms with Crippen molar-refractivity contribution in [3.63, 3.8) is 0 Å². The van der Waals surface area contributed by atoms with Crippen LogP contribution in [-0.2, 0) is 0 Å². The highest BCUT2D eigenvalue weighted by Gasteiger charge is 2.17. The lowest BCUT2D eigenvalue weighted by molar-refractivity contribution is 0.101. The van der Waals surface area contributed by atoms with Crippen LogP contribution in [0.2, 0.25) is 0 Å². The van der Waals surface area contributed by atoms with E-state index < -0.39 is 0 Å². The molecule has 0 saturated carbocycles. The molecule has 0 aliphatic carbocycles. The van der Waals surface area contributed by atoms with Crippen LogP contribution >= 0.6 is 0 Å². The van der Waals surface area contributed by atoms with Gasteiger partial charge in [0, 0.05) is 6.92 Å². The van der Waals surface area contributed by atoms with Crippen molar-refractivity contribution in [2.75, 3.05) is 11.9 Å². The Morgan fingerprint density at radius 1 is 1.47 bits per heavy atom. The van der Waals surface area contributed by atoms with Crippen LogP contribution in [0.5, 0.6) is 0 Å². The van der Waals surface area contributed by atoms with Crippen LogP contribution < -0.4 is 5.32 Å². The number of hydrogen-bond donors (Lipinski definition) is 1. The molecule has 1 aromatic carbocycles.